The Labute approximate surface area is 88.2 Å². The van der Waals surface area contributed by atoms with E-state index in [0.29, 0.717) is 6.04 Å². The van der Waals surface area contributed by atoms with Gasteiger partial charge in [0.25, 0.3) is 0 Å². The van der Waals surface area contributed by atoms with Crippen LogP contribution in [0.5, 0.6) is 0 Å². The first kappa shape index (κ1) is 9.04. The number of hydrogen-bond donors (Lipinski definition) is 1. The van der Waals surface area contributed by atoms with Crippen LogP contribution in [0.1, 0.15) is 18.4 Å². The maximum absolute atomic E-state index is 12.7. The van der Waals surface area contributed by atoms with Crippen molar-refractivity contribution in [2.24, 2.45) is 5.92 Å². The summed E-state index contributed by atoms with van der Waals surface area (Å²) in [5.74, 6) is 0.332. The molecule has 0 aromatic carbocycles. The number of nitrogens with zero attached hydrogens (tertiary/aromatic N) is 1. The molecule has 1 fully saturated rings. The van der Waals surface area contributed by atoms with Gasteiger partial charge in [0.15, 0.2) is 0 Å². The number of allylic oxidation sites excluding steroid dienone is 1. The minimum Gasteiger partial charge on any atom is -0.310 e. The Morgan fingerprint density at radius 2 is 2.33 bits per heavy atom. The van der Waals surface area contributed by atoms with E-state index in [1.165, 1.54) is 18.1 Å². The van der Waals surface area contributed by atoms with E-state index in [4.69, 9.17) is 0 Å². The van der Waals surface area contributed by atoms with E-state index in [-0.39, 0.29) is 0 Å². The van der Waals surface area contributed by atoms with Crippen molar-refractivity contribution < 1.29 is 4.39 Å². The topological polar surface area (TPSA) is 24.9 Å². The molecule has 78 valence electrons. The van der Waals surface area contributed by atoms with Crippen molar-refractivity contribution in [3.63, 3.8) is 0 Å². The number of rotatable bonds is 1. The van der Waals surface area contributed by atoms with Crippen LogP contribution in [0.4, 0.5) is 4.39 Å². The molecular weight excluding hydrogens is 191 g/mol. The zero-order valence-corrected chi connectivity index (χ0v) is 8.41. The van der Waals surface area contributed by atoms with Crippen LogP contribution >= 0.6 is 0 Å². The molecule has 3 heteroatoms. The lowest BCUT2D eigenvalue weighted by molar-refractivity contribution is 0.556. The summed E-state index contributed by atoms with van der Waals surface area (Å²) < 4.78 is 12.7. The molecule has 1 N–H and O–H groups in total. The van der Waals surface area contributed by atoms with E-state index in [1.54, 1.807) is 6.20 Å². The van der Waals surface area contributed by atoms with Gasteiger partial charge in [0.2, 0.25) is 5.95 Å². The van der Waals surface area contributed by atoms with Crippen LogP contribution in [0.15, 0.2) is 24.4 Å². The molecule has 15 heavy (non-hydrogen) atoms. The quantitative estimate of drug-likeness (QED) is 0.707. The number of nitrogens with one attached hydrogen (secondary N) is 1. The first-order valence-corrected chi connectivity index (χ1v) is 5.40. The number of halogens is 1. The van der Waals surface area contributed by atoms with Crippen LogP contribution in [-0.4, -0.2) is 17.6 Å². The van der Waals surface area contributed by atoms with Gasteiger partial charge >= 0.3 is 0 Å². The molecule has 0 radical (unpaired) electrons. The van der Waals surface area contributed by atoms with Crippen molar-refractivity contribution in [2.45, 2.75) is 18.9 Å². The fourth-order valence-corrected chi connectivity index (χ4v) is 2.62. The normalized spacial score (nSPS) is 29.0. The molecule has 2 atom stereocenters. The van der Waals surface area contributed by atoms with Crippen LogP contribution in [0.3, 0.4) is 0 Å². The molecule has 1 aromatic rings. The second-order valence-electron chi connectivity index (χ2n) is 4.25. The van der Waals surface area contributed by atoms with Crippen LogP contribution in [0.25, 0.3) is 5.57 Å². The number of aromatic nitrogens is 1. The van der Waals surface area contributed by atoms with Crippen molar-refractivity contribution in [1.29, 1.82) is 0 Å². The van der Waals surface area contributed by atoms with Gasteiger partial charge in [-0.3, -0.25) is 0 Å². The van der Waals surface area contributed by atoms with Crippen molar-refractivity contribution in [2.75, 3.05) is 6.54 Å². The minimum atomic E-state index is -0.409. The third-order valence-corrected chi connectivity index (χ3v) is 3.39. The van der Waals surface area contributed by atoms with Crippen molar-refractivity contribution >= 4 is 5.57 Å². The first-order valence-electron chi connectivity index (χ1n) is 5.40. The predicted octanol–water partition coefficient (Wildman–Crippen LogP) is 1.99. The van der Waals surface area contributed by atoms with Gasteiger partial charge in [-0.05, 0) is 48.6 Å². The maximum Gasteiger partial charge on any atom is 0.212 e. The van der Waals surface area contributed by atoms with Crippen molar-refractivity contribution in [3.8, 4) is 0 Å². The van der Waals surface area contributed by atoms with E-state index >= 15 is 0 Å². The Hall–Kier alpha value is -1.22. The van der Waals surface area contributed by atoms with Crippen LogP contribution in [-0.2, 0) is 0 Å². The van der Waals surface area contributed by atoms with Gasteiger partial charge in [-0.25, -0.2) is 4.98 Å². The summed E-state index contributed by atoms with van der Waals surface area (Å²) in [4.78, 5) is 3.70. The van der Waals surface area contributed by atoms with Gasteiger partial charge in [-0.1, -0.05) is 6.08 Å². The van der Waals surface area contributed by atoms with Crippen molar-refractivity contribution in [3.05, 3.63) is 35.9 Å². The van der Waals surface area contributed by atoms with Crippen molar-refractivity contribution in [1.82, 2.24) is 10.3 Å². The number of hydrogen-bond acceptors (Lipinski definition) is 2. The largest absolute Gasteiger partial charge is 0.310 e. The third kappa shape index (κ3) is 1.47. The Kier molecular flexibility index (Phi) is 2.06. The molecular formula is C12H13FN2. The van der Waals surface area contributed by atoms with Gasteiger partial charge < -0.3 is 5.32 Å². The maximum atomic E-state index is 12.7. The second-order valence-corrected chi connectivity index (χ2v) is 4.25. The van der Waals surface area contributed by atoms with Gasteiger partial charge in [0.1, 0.15) is 0 Å². The highest BCUT2D eigenvalue weighted by Gasteiger charge is 2.33. The van der Waals surface area contributed by atoms with Gasteiger partial charge in [0.05, 0.1) is 0 Å². The molecule has 0 bridgehead atoms. The zero-order chi connectivity index (χ0) is 10.3. The molecule has 1 aliphatic heterocycles. The lowest BCUT2D eigenvalue weighted by Crippen LogP contribution is -2.24. The summed E-state index contributed by atoms with van der Waals surface area (Å²) in [6.45, 7) is 1.10. The Bertz CT molecular complexity index is 397. The van der Waals surface area contributed by atoms with Crippen LogP contribution < -0.4 is 5.32 Å². The van der Waals surface area contributed by atoms with Gasteiger partial charge in [-0.2, -0.15) is 4.39 Å². The molecule has 2 unspecified atom stereocenters. The fourth-order valence-electron chi connectivity index (χ4n) is 2.62. The summed E-state index contributed by atoms with van der Waals surface area (Å²) in [5.41, 5.74) is 2.35. The highest BCUT2D eigenvalue weighted by atomic mass is 19.1. The monoisotopic (exact) mass is 204 g/mol. The van der Waals surface area contributed by atoms with E-state index in [1.807, 2.05) is 6.07 Å². The highest BCUT2D eigenvalue weighted by molar-refractivity contribution is 5.71. The molecule has 1 aliphatic carbocycles. The Morgan fingerprint density at radius 3 is 3.13 bits per heavy atom. The van der Waals surface area contributed by atoms with Gasteiger partial charge in [-0.15, -0.1) is 0 Å². The van der Waals surface area contributed by atoms with Crippen LogP contribution in [0.2, 0.25) is 0 Å². The third-order valence-electron chi connectivity index (χ3n) is 3.39. The zero-order valence-electron chi connectivity index (χ0n) is 8.41. The molecule has 0 spiro atoms. The number of pyridine rings is 1. The molecule has 2 heterocycles. The molecule has 0 saturated carbocycles. The summed E-state index contributed by atoms with van der Waals surface area (Å²) in [6.07, 6.45) is 6.28. The van der Waals surface area contributed by atoms with E-state index in [0.717, 1.165) is 24.4 Å². The SMILES string of the molecule is Fc1ccc(C2=CCC3CCNC23)cn1. The summed E-state index contributed by atoms with van der Waals surface area (Å²) >= 11 is 0. The lowest BCUT2D eigenvalue weighted by atomic mass is 9.97. The van der Waals surface area contributed by atoms with E-state index < -0.39 is 5.95 Å². The minimum absolute atomic E-state index is 0.409. The van der Waals surface area contributed by atoms with Gasteiger partial charge in [0, 0.05) is 12.2 Å². The summed E-state index contributed by atoms with van der Waals surface area (Å²) in [6, 6.07) is 3.71. The van der Waals surface area contributed by atoms with E-state index in [9.17, 15) is 4.39 Å². The molecule has 2 nitrogen and oxygen atoms in total. The average molecular weight is 204 g/mol. The molecule has 2 aliphatic rings. The molecule has 1 aromatic heterocycles. The Balaban J connectivity index is 1.91. The second kappa shape index (κ2) is 3.42. The fraction of sp³-hybridized carbons (Fsp3) is 0.417. The Morgan fingerprint density at radius 1 is 1.40 bits per heavy atom. The summed E-state index contributed by atoms with van der Waals surface area (Å²) in [5, 5.41) is 3.49. The molecule has 3 rings (SSSR count). The molecule has 1 saturated heterocycles. The smallest absolute Gasteiger partial charge is 0.212 e. The summed E-state index contributed by atoms with van der Waals surface area (Å²) in [7, 11) is 0. The average Bonchev–Trinajstić information content (AvgIpc) is 2.80. The predicted molar refractivity (Wildman–Crippen MR) is 56.7 cm³/mol. The van der Waals surface area contributed by atoms with Crippen LogP contribution in [0, 0.1) is 11.9 Å². The highest BCUT2D eigenvalue weighted by Crippen LogP contribution is 2.37. The number of fused-ring (bicyclic) bond motifs is 1. The first-order chi connectivity index (χ1) is 7.34. The molecule has 0 amide bonds. The lowest BCUT2D eigenvalue weighted by Gasteiger charge is -2.14. The standard InChI is InChI=1S/C12H13FN2/c13-11-4-2-9(7-15-11)10-3-1-8-5-6-14-12(8)10/h2-4,7-8,12,14H,1,5-6H2. The van der Waals surface area contributed by atoms with E-state index in [2.05, 4.69) is 16.4 Å².